The fourth-order valence-electron chi connectivity index (χ4n) is 1.12. The van der Waals surface area contributed by atoms with E-state index in [2.05, 4.69) is 13.2 Å². The third-order valence-electron chi connectivity index (χ3n) is 2.34. The van der Waals surface area contributed by atoms with Crippen molar-refractivity contribution in [3.05, 3.63) is 25.3 Å². The summed E-state index contributed by atoms with van der Waals surface area (Å²) >= 11 is 0. The van der Waals surface area contributed by atoms with Crippen LogP contribution in [0.3, 0.4) is 0 Å². The summed E-state index contributed by atoms with van der Waals surface area (Å²) in [6.45, 7) is 10.9. The smallest absolute Gasteiger partial charge is 0.177 e. The zero-order chi connectivity index (χ0) is 9.78. The molecule has 0 aromatic heterocycles. The Balaban J connectivity index is 4.64. The molecule has 2 atom stereocenters. The van der Waals surface area contributed by atoms with Crippen LogP contribution in [0.2, 0.25) is 0 Å². The van der Waals surface area contributed by atoms with Crippen molar-refractivity contribution in [1.29, 1.82) is 0 Å². The molecule has 0 fully saturated rings. The first kappa shape index (κ1) is 11.4. The minimum Gasteiger partial charge on any atom is -0.365 e. The van der Waals surface area contributed by atoms with E-state index in [9.17, 15) is 5.11 Å². The van der Waals surface area contributed by atoms with E-state index in [1.54, 1.807) is 12.2 Å². The second-order valence-corrected chi connectivity index (χ2v) is 3.00. The molecule has 0 bridgehead atoms. The van der Waals surface area contributed by atoms with Gasteiger partial charge < -0.3 is 9.84 Å². The Hall–Kier alpha value is -0.600. The van der Waals surface area contributed by atoms with Gasteiger partial charge in [-0.25, -0.2) is 0 Å². The van der Waals surface area contributed by atoms with Gasteiger partial charge in [0.25, 0.3) is 0 Å². The van der Waals surface area contributed by atoms with Gasteiger partial charge >= 0.3 is 0 Å². The summed E-state index contributed by atoms with van der Waals surface area (Å²) in [6, 6.07) is 0. The number of ether oxygens (including phenoxy) is 1. The lowest BCUT2D eigenvalue weighted by atomic mass is 9.89. The summed E-state index contributed by atoms with van der Waals surface area (Å²) in [5.74, 6) is -1.41. The molecule has 0 aliphatic heterocycles. The van der Waals surface area contributed by atoms with Crippen LogP contribution in [0, 0.1) is 11.8 Å². The van der Waals surface area contributed by atoms with Crippen molar-refractivity contribution in [3.63, 3.8) is 0 Å². The molecule has 70 valence electrons. The van der Waals surface area contributed by atoms with Crippen molar-refractivity contribution in [3.8, 4) is 0 Å². The molecule has 0 amide bonds. The van der Waals surface area contributed by atoms with E-state index in [0.717, 1.165) is 0 Å². The standard InChI is InChI=1S/C10H18O2/c1-6-8(3)10(11,12-5)9(4)7-2/h6-9,11H,1-2H2,3-5H3. The molecule has 0 rings (SSSR count). The van der Waals surface area contributed by atoms with E-state index < -0.39 is 5.79 Å². The molecular formula is C10H18O2. The molecule has 2 unspecified atom stereocenters. The summed E-state index contributed by atoms with van der Waals surface area (Å²) in [5.41, 5.74) is 0. The molecular weight excluding hydrogens is 152 g/mol. The largest absolute Gasteiger partial charge is 0.365 e. The Morgan fingerprint density at radius 3 is 1.75 bits per heavy atom. The number of aliphatic hydroxyl groups is 1. The molecule has 0 spiro atoms. The second kappa shape index (κ2) is 4.43. The Labute approximate surface area is 74.6 Å². The Bertz CT molecular complexity index is 149. The van der Waals surface area contributed by atoms with Crippen molar-refractivity contribution in [2.45, 2.75) is 19.6 Å². The van der Waals surface area contributed by atoms with Crippen LogP contribution in [-0.4, -0.2) is 18.0 Å². The fourth-order valence-corrected chi connectivity index (χ4v) is 1.12. The van der Waals surface area contributed by atoms with Gasteiger partial charge in [0.2, 0.25) is 0 Å². The van der Waals surface area contributed by atoms with E-state index >= 15 is 0 Å². The van der Waals surface area contributed by atoms with Crippen LogP contribution in [0.1, 0.15) is 13.8 Å². The van der Waals surface area contributed by atoms with Gasteiger partial charge in [0, 0.05) is 18.9 Å². The first-order valence-corrected chi connectivity index (χ1v) is 4.05. The summed E-state index contributed by atoms with van der Waals surface area (Å²) in [5, 5.41) is 9.99. The molecule has 2 heteroatoms. The van der Waals surface area contributed by atoms with Gasteiger partial charge in [-0.2, -0.15) is 0 Å². The van der Waals surface area contributed by atoms with Gasteiger partial charge in [0.05, 0.1) is 0 Å². The molecule has 0 saturated heterocycles. The van der Waals surface area contributed by atoms with E-state index in [0.29, 0.717) is 0 Å². The van der Waals surface area contributed by atoms with Gasteiger partial charge in [-0.3, -0.25) is 0 Å². The Morgan fingerprint density at radius 2 is 1.58 bits per heavy atom. The number of rotatable bonds is 5. The highest BCUT2D eigenvalue weighted by molar-refractivity contribution is 4.96. The SMILES string of the molecule is C=CC(C)C(O)(OC)C(C)C=C. The van der Waals surface area contributed by atoms with Crippen molar-refractivity contribution < 1.29 is 9.84 Å². The monoisotopic (exact) mass is 170 g/mol. The van der Waals surface area contributed by atoms with Crippen LogP contribution in [0.15, 0.2) is 25.3 Å². The molecule has 12 heavy (non-hydrogen) atoms. The van der Waals surface area contributed by atoms with Crippen molar-refractivity contribution in [1.82, 2.24) is 0 Å². The predicted octanol–water partition coefficient (Wildman–Crippen LogP) is 1.97. The zero-order valence-electron chi connectivity index (χ0n) is 8.08. The molecule has 0 aromatic rings. The molecule has 1 N–H and O–H groups in total. The second-order valence-electron chi connectivity index (χ2n) is 3.00. The van der Waals surface area contributed by atoms with Crippen molar-refractivity contribution in [2.24, 2.45) is 11.8 Å². The maximum Gasteiger partial charge on any atom is 0.177 e. The quantitative estimate of drug-likeness (QED) is 0.505. The Kier molecular flexibility index (Phi) is 4.21. The molecule has 0 aliphatic carbocycles. The first-order valence-electron chi connectivity index (χ1n) is 4.05. The van der Waals surface area contributed by atoms with Crippen molar-refractivity contribution >= 4 is 0 Å². The molecule has 0 aromatic carbocycles. The first-order chi connectivity index (χ1) is 5.52. The maximum absolute atomic E-state index is 9.99. The molecule has 0 saturated carbocycles. The predicted molar refractivity (Wildman–Crippen MR) is 50.7 cm³/mol. The lowest BCUT2D eigenvalue weighted by Crippen LogP contribution is -2.43. The van der Waals surface area contributed by atoms with Crippen molar-refractivity contribution in [2.75, 3.05) is 7.11 Å². The van der Waals surface area contributed by atoms with Crippen LogP contribution >= 0.6 is 0 Å². The topological polar surface area (TPSA) is 29.5 Å². The Morgan fingerprint density at radius 1 is 1.25 bits per heavy atom. The third-order valence-corrected chi connectivity index (χ3v) is 2.34. The maximum atomic E-state index is 9.99. The van der Waals surface area contributed by atoms with Crippen LogP contribution in [0.5, 0.6) is 0 Å². The van der Waals surface area contributed by atoms with E-state index in [1.807, 2.05) is 13.8 Å². The summed E-state index contributed by atoms with van der Waals surface area (Å²) < 4.78 is 5.06. The van der Waals surface area contributed by atoms with E-state index in [-0.39, 0.29) is 11.8 Å². The summed E-state index contributed by atoms with van der Waals surface area (Å²) in [7, 11) is 1.49. The van der Waals surface area contributed by atoms with Gasteiger partial charge in [-0.15, -0.1) is 13.2 Å². The lowest BCUT2D eigenvalue weighted by molar-refractivity contribution is -0.228. The van der Waals surface area contributed by atoms with Gasteiger partial charge in [0.15, 0.2) is 5.79 Å². The highest BCUT2D eigenvalue weighted by atomic mass is 16.6. The fraction of sp³-hybridized carbons (Fsp3) is 0.600. The third kappa shape index (κ3) is 1.96. The van der Waals surface area contributed by atoms with Crippen LogP contribution in [0.4, 0.5) is 0 Å². The normalized spacial score (nSPS) is 20.7. The van der Waals surface area contributed by atoms with Crippen LogP contribution in [0.25, 0.3) is 0 Å². The number of hydrogen-bond donors (Lipinski definition) is 1. The molecule has 0 aliphatic rings. The number of hydrogen-bond acceptors (Lipinski definition) is 2. The lowest BCUT2D eigenvalue weighted by Gasteiger charge is -2.34. The highest BCUT2D eigenvalue weighted by Crippen LogP contribution is 2.28. The number of methoxy groups -OCH3 is 1. The minimum absolute atomic E-state index is 0.115. The molecule has 0 radical (unpaired) electrons. The summed E-state index contributed by atoms with van der Waals surface area (Å²) in [4.78, 5) is 0. The van der Waals surface area contributed by atoms with Crippen LogP contribution < -0.4 is 0 Å². The highest BCUT2D eigenvalue weighted by Gasteiger charge is 2.36. The zero-order valence-corrected chi connectivity index (χ0v) is 8.08. The van der Waals surface area contributed by atoms with Crippen LogP contribution in [-0.2, 0) is 4.74 Å². The average molecular weight is 170 g/mol. The summed E-state index contributed by atoms with van der Waals surface area (Å²) in [6.07, 6.45) is 3.34. The molecule has 0 heterocycles. The van der Waals surface area contributed by atoms with E-state index in [4.69, 9.17) is 4.74 Å². The van der Waals surface area contributed by atoms with Gasteiger partial charge in [-0.1, -0.05) is 26.0 Å². The van der Waals surface area contributed by atoms with Gasteiger partial charge in [-0.05, 0) is 0 Å². The average Bonchev–Trinajstić information content (AvgIpc) is 2.13. The van der Waals surface area contributed by atoms with E-state index in [1.165, 1.54) is 7.11 Å². The molecule has 2 nitrogen and oxygen atoms in total. The van der Waals surface area contributed by atoms with Gasteiger partial charge in [0.1, 0.15) is 0 Å². The minimum atomic E-state index is -1.18.